The van der Waals surface area contributed by atoms with Gasteiger partial charge in [0.05, 0.1) is 0 Å². The van der Waals surface area contributed by atoms with Gasteiger partial charge >= 0.3 is 0 Å². The summed E-state index contributed by atoms with van der Waals surface area (Å²) in [5.74, 6) is -0.236. The number of pyridine rings is 1. The maximum atomic E-state index is 12.4. The molecule has 21 heavy (non-hydrogen) atoms. The topological polar surface area (TPSA) is 71.1 Å². The third-order valence-electron chi connectivity index (χ3n) is 4.49. The summed E-state index contributed by atoms with van der Waals surface area (Å²) in [5, 5.41) is 5.92. The second kappa shape index (κ2) is 5.84. The fourth-order valence-electron chi connectivity index (χ4n) is 2.93. The lowest BCUT2D eigenvalue weighted by Gasteiger charge is -2.18. The van der Waals surface area contributed by atoms with Gasteiger partial charge in [-0.3, -0.25) is 14.6 Å². The fraction of sp³-hybridized carbons (Fsp3) is 0.562. The molecule has 0 atom stereocenters. The zero-order chi connectivity index (χ0) is 14.7. The molecule has 2 saturated carbocycles. The van der Waals surface area contributed by atoms with Crippen molar-refractivity contribution in [2.75, 3.05) is 0 Å². The summed E-state index contributed by atoms with van der Waals surface area (Å²) >= 11 is 0. The number of amides is 2. The molecule has 2 fully saturated rings. The first-order chi connectivity index (χ1) is 10.2. The molecule has 5 heteroatoms. The molecular formula is C16H21N3O2. The van der Waals surface area contributed by atoms with Gasteiger partial charge in [-0.25, -0.2) is 0 Å². The molecule has 2 aliphatic rings. The second-order valence-corrected chi connectivity index (χ2v) is 6.08. The van der Waals surface area contributed by atoms with Gasteiger partial charge in [-0.1, -0.05) is 18.9 Å². The van der Waals surface area contributed by atoms with E-state index in [1.807, 2.05) is 12.1 Å². The Labute approximate surface area is 124 Å². The van der Waals surface area contributed by atoms with Crippen molar-refractivity contribution in [1.82, 2.24) is 15.6 Å². The van der Waals surface area contributed by atoms with Crippen LogP contribution in [0.4, 0.5) is 0 Å². The van der Waals surface area contributed by atoms with Crippen LogP contribution >= 0.6 is 0 Å². The second-order valence-electron chi connectivity index (χ2n) is 6.08. The highest BCUT2D eigenvalue weighted by molar-refractivity contribution is 6.07. The van der Waals surface area contributed by atoms with E-state index in [4.69, 9.17) is 0 Å². The predicted octanol–water partition coefficient (Wildman–Crippen LogP) is 1.54. The standard InChI is InChI=1S/C16H21N3O2/c20-14(18-11-12-4-3-9-17-10-12)16(7-8-16)15(21)19-13-5-1-2-6-13/h3-4,9-10,13H,1-2,5-8,11H2,(H,18,20)(H,19,21). The molecular weight excluding hydrogens is 266 g/mol. The summed E-state index contributed by atoms with van der Waals surface area (Å²) in [4.78, 5) is 28.7. The molecule has 0 bridgehead atoms. The Balaban J connectivity index is 1.54. The Morgan fingerprint density at radius 2 is 2.00 bits per heavy atom. The highest BCUT2D eigenvalue weighted by Crippen LogP contribution is 2.46. The van der Waals surface area contributed by atoms with E-state index in [1.165, 1.54) is 12.8 Å². The molecule has 0 aliphatic heterocycles. The SMILES string of the molecule is O=C(NCc1cccnc1)C1(C(=O)NC2CCCC2)CC1. The Kier molecular flexibility index (Phi) is 3.90. The number of hydrogen-bond donors (Lipinski definition) is 2. The first-order valence-corrected chi connectivity index (χ1v) is 7.69. The lowest BCUT2D eigenvalue weighted by atomic mass is 10.0. The molecule has 2 aliphatic carbocycles. The van der Waals surface area contributed by atoms with Crippen LogP contribution in [0.15, 0.2) is 24.5 Å². The van der Waals surface area contributed by atoms with E-state index in [0.717, 1.165) is 18.4 Å². The van der Waals surface area contributed by atoms with Gasteiger partial charge in [0.25, 0.3) is 0 Å². The molecule has 0 aromatic carbocycles. The first-order valence-electron chi connectivity index (χ1n) is 7.69. The van der Waals surface area contributed by atoms with Crippen molar-refractivity contribution >= 4 is 11.8 Å². The normalized spacial score (nSPS) is 20.0. The number of aromatic nitrogens is 1. The van der Waals surface area contributed by atoms with Crippen LogP contribution in [-0.2, 0) is 16.1 Å². The molecule has 112 valence electrons. The van der Waals surface area contributed by atoms with E-state index in [9.17, 15) is 9.59 Å². The number of carbonyl (C=O) groups excluding carboxylic acids is 2. The molecule has 0 radical (unpaired) electrons. The van der Waals surface area contributed by atoms with Crippen molar-refractivity contribution in [2.24, 2.45) is 5.41 Å². The van der Waals surface area contributed by atoms with Gasteiger partial charge in [-0.2, -0.15) is 0 Å². The molecule has 1 aromatic rings. The lowest BCUT2D eigenvalue weighted by Crippen LogP contribution is -2.45. The number of carbonyl (C=O) groups is 2. The molecule has 0 saturated heterocycles. The van der Waals surface area contributed by atoms with Crippen molar-refractivity contribution in [3.05, 3.63) is 30.1 Å². The third kappa shape index (κ3) is 3.06. The van der Waals surface area contributed by atoms with Gasteiger partial charge in [-0.15, -0.1) is 0 Å². The minimum atomic E-state index is -0.815. The first kappa shape index (κ1) is 14.0. The monoisotopic (exact) mass is 287 g/mol. The Morgan fingerprint density at radius 1 is 1.24 bits per heavy atom. The van der Waals surface area contributed by atoms with E-state index in [2.05, 4.69) is 15.6 Å². The Morgan fingerprint density at radius 3 is 2.62 bits per heavy atom. The maximum Gasteiger partial charge on any atom is 0.235 e. The summed E-state index contributed by atoms with van der Waals surface area (Å²) < 4.78 is 0. The average molecular weight is 287 g/mol. The maximum absolute atomic E-state index is 12.4. The van der Waals surface area contributed by atoms with Crippen LogP contribution in [0, 0.1) is 5.41 Å². The van der Waals surface area contributed by atoms with Crippen LogP contribution in [-0.4, -0.2) is 22.8 Å². The summed E-state index contributed by atoms with van der Waals surface area (Å²) in [6.07, 6.45) is 9.16. The highest BCUT2D eigenvalue weighted by Gasteiger charge is 2.56. The average Bonchev–Trinajstić information content (AvgIpc) is 3.18. The van der Waals surface area contributed by atoms with Gasteiger partial charge in [-0.05, 0) is 37.3 Å². The Hall–Kier alpha value is -1.91. The van der Waals surface area contributed by atoms with Crippen LogP contribution in [0.1, 0.15) is 44.1 Å². The van der Waals surface area contributed by atoms with Crippen molar-refractivity contribution in [1.29, 1.82) is 0 Å². The predicted molar refractivity (Wildman–Crippen MR) is 78.1 cm³/mol. The molecule has 3 rings (SSSR count). The van der Waals surface area contributed by atoms with Gasteiger partial charge in [0, 0.05) is 25.0 Å². The zero-order valence-corrected chi connectivity index (χ0v) is 12.1. The van der Waals surface area contributed by atoms with Crippen molar-refractivity contribution in [3.8, 4) is 0 Å². The van der Waals surface area contributed by atoms with E-state index >= 15 is 0 Å². The molecule has 0 spiro atoms. The summed E-state index contributed by atoms with van der Waals surface area (Å²) in [5.41, 5.74) is 0.128. The van der Waals surface area contributed by atoms with E-state index in [1.54, 1.807) is 12.4 Å². The van der Waals surface area contributed by atoms with Crippen LogP contribution in [0.3, 0.4) is 0 Å². The molecule has 5 nitrogen and oxygen atoms in total. The van der Waals surface area contributed by atoms with Crippen molar-refractivity contribution < 1.29 is 9.59 Å². The minimum absolute atomic E-state index is 0.0851. The molecule has 1 heterocycles. The van der Waals surface area contributed by atoms with Gasteiger partial charge in [0.15, 0.2) is 0 Å². The fourth-order valence-corrected chi connectivity index (χ4v) is 2.93. The summed E-state index contributed by atoms with van der Waals surface area (Å²) in [7, 11) is 0. The van der Waals surface area contributed by atoms with Crippen LogP contribution in [0.25, 0.3) is 0 Å². The van der Waals surface area contributed by atoms with Crippen LogP contribution in [0.2, 0.25) is 0 Å². The highest BCUT2D eigenvalue weighted by atomic mass is 16.2. The third-order valence-corrected chi connectivity index (χ3v) is 4.49. The molecule has 1 aromatic heterocycles. The zero-order valence-electron chi connectivity index (χ0n) is 12.1. The van der Waals surface area contributed by atoms with Crippen molar-refractivity contribution in [2.45, 2.75) is 51.1 Å². The summed E-state index contributed by atoms with van der Waals surface area (Å²) in [6.45, 7) is 0.422. The Bertz CT molecular complexity index is 520. The number of hydrogen-bond acceptors (Lipinski definition) is 3. The quantitative estimate of drug-likeness (QED) is 0.807. The van der Waals surface area contributed by atoms with E-state index in [0.29, 0.717) is 19.4 Å². The molecule has 0 unspecified atom stereocenters. The van der Waals surface area contributed by atoms with E-state index in [-0.39, 0.29) is 17.9 Å². The number of rotatable bonds is 5. The van der Waals surface area contributed by atoms with Gasteiger partial charge in [0.2, 0.25) is 11.8 Å². The van der Waals surface area contributed by atoms with Crippen molar-refractivity contribution in [3.63, 3.8) is 0 Å². The minimum Gasteiger partial charge on any atom is -0.352 e. The van der Waals surface area contributed by atoms with Crippen LogP contribution in [0.5, 0.6) is 0 Å². The lowest BCUT2D eigenvalue weighted by molar-refractivity contribution is -0.137. The largest absolute Gasteiger partial charge is 0.352 e. The van der Waals surface area contributed by atoms with Gasteiger partial charge in [0.1, 0.15) is 5.41 Å². The number of nitrogens with zero attached hydrogens (tertiary/aromatic N) is 1. The molecule has 2 amide bonds. The summed E-state index contributed by atoms with van der Waals surface area (Å²) in [6, 6.07) is 4.01. The van der Waals surface area contributed by atoms with Crippen LogP contribution < -0.4 is 10.6 Å². The molecule has 2 N–H and O–H groups in total. The van der Waals surface area contributed by atoms with Gasteiger partial charge < -0.3 is 10.6 Å². The van der Waals surface area contributed by atoms with E-state index < -0.39 is 5.41 Å². The number of nitrogens with one attached hydrogen (secondary N) is 2. The smallest absolute Gasteiger partial charge is 0.235 e.